The second-order valence-electron chi connectivity index (χ2n) is 1.69. The van der Waals surface area contributed by atoms with Gasteiger partial charge in [0.25, 0.3) is 0 Å². The highest BCUT2D eigenvalue weighted by molar-refractivity contribution is 7.97. The Morgan fingerprint density at radius 3 is 2.89 bits per heavy atom. The van der Waals surface area contributed by atoms with Crippen LogP contribution in [0.25, 0.3) is 0 Å². The molecule has 0 saturated carbocycles. The summed E-state index contributed by atoms with van der Waals surface area (Å²) in [6, 6.07) is 0. The quantitative estimate of drug-likeness (QED) is 0.576. The van der Waals surface area contributed by atoms with Crippen LogP contribution in [0.3, 0.4) is 0 Å². The zero-order chi connectivity index (χ0) is 6.69. The second-order valence-corrected chi connectivity index (χ2v) is 2.40. The van der Waals surface area contributed by atoms with Gasteiger partial charge in [0, 0.05) is 29.6 Å². The van der Waals surface area contributed by atoms with E-state index in [4.69, 9.17) is 4.55 Å². The first-order valence-electron chi connectivity index (χ1n) is 2.55. The van der Waals surface area contributed by atoms with Crippen molar-refractivity contribution >= 4 is 18.0 Å². The summed E-state index contributed by atoms with van der Waals surface area (Å²) in [5.41, 5.74) is 0. The lowest BCUT2D eigenvalue weighted by Gasteiger charge is -2.03. The van der Waals surface area contributed by atoms with Crippen LogP contribution < -0.4 is 0 Å². The van der Waals surface area contributed by atoms with Gasteiger partial charge >= 0.3 is 0 Å². The van der Waals surface area contributed by atoms with Crippen LogP contribution >= 0.6 is 12.0 Å². The molecule has 0 radical (unpaired) electrons. The topological polar surface area (TPSA) is 32.6 Å². The fourth-order valence-electron chi connectivity index (χ4n) is 0.567. The first kappa shape index (κ1) is 6.77. The van der Waals surface area contributed by atoms with Crippen molar-refractivity contribution in [3.05, 3.63) is 11.1 Å². The van der Waals surface area contributed by atoms with Gasteiger partial charge in [0.1, 0.15) is 0 Å². The lowest BCUT2D eigenvalue weighted by Crippen LogP contribution is -1.94. The lowest BCUT2D eigenvalue weighted by molar-refractivity contribution is 0.665. The average Bonchev–Trinajstić information content (AvgIpc) is 1.90. The third-order valence-corrected chi connectivity index (χ3v) is 1.59. The summed E-state index contributed by atoms with van der Waals surface area (Å²) in [7, 11) is 0. The van der Waals surface area contributed by atoms with E-state index in [1.807, 2.05) is 0 Å². The monoisotopic (exact) mass is 147 g/mol. The molecular weight excluding hydrogens is 141 g/mol. The third kappa shape index (κ3) is 1.80. The number of allylic oxidation sites excluding steroid dienone is 1. The molecule has 1 aliphatic heterocycles. The van der Waals surface area contributed by atoms with Crippen molar-refractivity contribution in [1.29, 1.82) is 0 Å². The molecule has 0 spiro atoms. The Labute approximate surface area is 56.7 Å². The Bertz CT molecular complexity index is 166. The molecule has 0 aromatic carbocycles. The van der Waals surface area contributed by atoms with Crippen molar-refractivity contribution in [2.45, 2.75) is 12.8 Å². The van der Waals surface area contributed by atoms with Gasteiger partial charge in [0.05, 0.1) is 0 Å². The lowest BCUT2D eigenvalue weighted by atomic mass is 10.3. The fourth-order valence-corrected chi connectivity index (χ4v) is 0.860. The zero-order valence-corrected chi connectivity index (χ0v) is 5.49. The zero-order valence-electron chi connectivity index (χ0n) is 4.67. The van der Waals surface area contributed by atoms with Crippen LogP contribution in [0, 0.1) is 0 Å². The first-order chi connectivity index (χ1) is 4.33. The van der Waals surface area contributed by atoms with E-state index in [0.29, 0.717) is 24.9 Å². The van der Waals surface area contributed by atoms with Crippen molar-refractivity contribution < 1.29 is 8.94 Å². The molecule has 0 atom stereocenters. The number of nitrogens with zero attached hydrogens (tertiary/aromatic N) is 1. The van der Waals surface area contributed by atoms with E-state index in [0.717, 1.165) is 4.91 Å². The van der Waals surface area contributed by atoms with E-state index < -0.39 is 0 Å². The van der Waals surface area contributed by atoms with E-state index in [-0.39, 0.29) is 5.97 Å². The molecule has 9 heavy (non-hydrogen) atoms. The molecule has 0 amide bonds. The molecule has 1 heterocycles. The number of hydrogen-bond acceptors (Lipinski definition) is 3. The van der Waals surface area contributed by atoms with Gasteiger partial charge in [-0.2, -0.15) is 4.39 Å². The Hall–Kier alpha value is -0.350. The molecule has 0 bridgehead atoms. The molecular formula is C5H6FNOS. The summed E-state index contributed by atoms with van der Waals surface area (Å²) < 4.78 is 20.5. The molecule has 0 aromatic heterocycles. The summed E-state index contributed by atoms with van der Waals surface area (Å²) >= 11 is 0.635. The number of rotatable bonds is 1. The number of aliphatic imine (C=N–C) groups is 1. The summed E-state index contributed by atoms with van der Waals surface area (Å²) in [5, 5.41) is 0. The third-order valence-electron chi connectivity index (χ3n) is 1.04. The Kier molecular flexibility index (Phi) is 2.24. The van der Waals surface area contributed by atoms with Gasteiger partial charge in [-0.1, -0.05) is 0 Å². The number of halogens is 1. The minimum atomic E-state index is -0.354. The van der Waals surface area contributed by atoms with Crippen LogP contribution in [-0.2, 0) is 0 Å². The number of hydrogen-bond donors (Lipinski definition) is 1. The van der Waals surface area contributed by atoms with Gasteiger partial charge in [0.15, 0.2) is 5.97 Å². The van der Waals surface area contributed by atoms with Crippen molar-refractivity contribution in [3.63, 3.8) is 0 Å². The fraction of sp³-hybridized carbons (Fsp3) is 0.400. The predicted octanol–water partition coefficient (Wildman–Crippen LogP) is 2.20. The van der Waals surface area contributed by atoms with E-state index in [1.54, 1.807) is 0 Å². The van der Waals surface area contributed by atoms with Crippen LogP contribution in [0.5, 0.6) is 0 Å². The van der Waals surface area contributed by atoms with E-state index in [2.05, 4.69) is 4.99 Å². The van der Waals surface area contributed by atoms with Crippen LogP contribution in [0.2, 0.25) is 0 Å². The van der Waals surface area contributed by atoms with Crippen LogP contribution in [0.1, 0.15) is 12.8 Å². The highest BCUT2D eigenvalue weighted by Gasteiger charge is 2.05. The van der Waals surface area contributed by atoms with Crippen molar-refractivity contribution in [3.8, 4) is 0 Å². The van der Waals surface area contributed by atoms with E-state index >= 15 is 0 Å². The highest BCUT2D eigenvalue weighted by Crippen LogP contribution is 2.21. The van der Waals surface area contributed by atoms with E-state index in [1.165, 1.54) is 6.20 Å². The molecule has 0 unspecified atom stereocenters. The van der Waals surface area contributed by atoms with Gasteiger partial charge in [-0.25, -0.2) is 4.99 Å². The Balaban J connectivity index is 2.59. The van der Waals surface area contributed by atoms with Gasteiger partial charge < -0.3 is 4.55 Å². The van der Waals surface area contributed by atoms with Crippen molar-refractivity contribution in [2.24, 2.45) is 4.99 Å². The van der Waals surface area contributed by atoms with Gasteiger partial charge in [0.2, 0.25) is 0 Å². The summed E-state index contributed by atoms with van der Waals surface area (Å²) in [6.45, 7) is 0. The van der Waals surface area contributed by atoms with Gasteiger partial charge in [-0.15, -0.1) is 0 Å². The first-order valence-corrected chi connectivity index (χ1v) is 3.33. The Morgan fingerprint density at radius 1 is 1.67 bits per heavy atom. The van der Waals surface area contributed by atoms with Crippen molar-refractivity contribution in [1.82, 2.24) is 0 Å². The van der Waals surface area contributed by atoms with Gasteiger partial charge in [-0.05, 0) is 6.42 Å². The molecule has 0 aromatic rings. The highest BCUT2D eigenvalue weighted by atomic mass is 32.2. The minimum absolute atomic E-state index is 0.319. The molecule has 0 aliphatic carbocycles. The van der Waals surface area contributed by atoms with Gasteiger partial charge in [-0.3, -0.25) is 0 Å². The molecule has 50 valence electrons. The van der Waals surface area contributed by atoms with Crippen molar-refractivity contribution in [2.75, 3.05) is 0 Å². The standard InChI is InChI=1S/C5H6FNOS/c6-5-2-1-4(9-8)3-7-5/h3,8H,1-2H2. The molecule has 2 nitrogen and oxygen atoms in total. The molecule has 1 rings (SSSR count). The maximum atomic E-state index is 12.1. The summed E-state index contributed by atoms with van der Waals surface area (Å²) in [4.78, 5) is 4.11. The molecule has 0 saturated heterocycles. The van der Waals surface area contributed by atoms with E-state index in [9.17, 15) is 4.39 Å². The average molecular weight is 147 g/mol. The maximum absolute atomic E-state index is 12.1. The molecule has 0 fully saturated rings. The summed E-state index contributed by atoms with van der Waals surface area (Å²) in [5.74, 6) is -0.354. The van der Waals surface area contributed by atoms with Crippen LogP contribution in [0.4, 0.5) is 4.39 Å². The molecule has 4 heteroatoms. The summed E-state index contributed by atoms with van der Waals surface area (Å²) in [6.07, 6.45) is 2.24. The Morgan fingerprint density at radius 2 is 2.44 bits per heavy atom. The maximum Gasteiger partial charge on any atom is 0.189 e. The van der Waals surface area contributed by atoms with Crippen LogP contribution in [0.15, 0.2) is 16.1 Å². The normalized spacial score (nSPS) is 18.9. The molecule has 1 aliphatic rings. The largest absolute Gasteiger partial charge is 0.326 e. The smallest absolute Gasteiger partial charge is 0.189 e. The predicted molar refractivity (Wildman–Crippen MR) is 36.1 cm³/mol. The van der Waals surface area contributed by atoms with Crippen LogP contribution in [-0.4, -0.2) is 10.5 Å². The molecule has 1 N–H and O–H groups in total. The SMILES string of the molecule is OSC1=CN=C(F)CC1. The second kappa shape index (κ2) is 2.98. The minimum Gasteiger partial charge on any atom is -0.326 e.